The SMILES string of the molecule is C=S1(=O)C2CN(C(C)=O)C[C@]2(c2cc(CC(=O)c3ccc(F)cn3)ccc2F)N=C(N)N1C. The summed E-state index contributed by atoms with van der Waals surface area (Å²) in [5.41, 5.74) is 5.25. The number of hydrogen-bond acceptors (Lipinski definition) is 6. The first kappa shape index (κ1) is 22.8. The summed E-state index contributed by atoms with van der Waals surface area (Å²) in [6, 6.07) is 6.54. The Labute approximate surface area is 190 Å². The van der Waals surface area contributed by atoms with Crippen molar-refractivity contribution in [2.45, 2.75) is 24.1 Å². The number of guanidine groups is 1. The Morgan fingerprint density at radius 3 is 2.67 bits per heavy atom. The van der Waals surface area contributed by atoms with E-state index in [2.05, 4.69) is 15.8 Å². The first-order valence-corrected chi connectivity index (χ1v) is 11.8. The molecule has 11 heteroatoms. The summed E-state index contributed by atoms with van der Waals surface area (Å²) in [7, 11) is -1.56. The van der Waals surface area contributed by atoms with E-state index in [1.165, 1.54) is 47.4 Å². The summed E-state index contributed by atoms with van der Waals surface area (Å²) in [5, 5.41) is -0.814. The van der Waals surface area contributed by atoms with E-state index in [4.69, 9.17) is 5.73 Å². The van der Waals surface area contributed by atoms with Gasteiger partial charge in [0.1, 0.15) is 22.9 Å². The number of nitrogens with two attached hydrogens (primary N) is 1. The van der Waals surface area contributed by atoms with Crippen molar-refractivity contribution in [2.24, 2.45) is 10.7 Å². The van der Waals surface area contributed by atoms with Crippen LogP contribution in [0.1, 0.15) is 28.5 Å². The predicted molar refractivity (Wildman–Crippen MR) is 121 cm³/mol. The van der Waals surface area contributed by atoms with Crippen molar-refractivity contribution in [2.75, 3.05) is 20.1 Å². The minimum Gasteiger partial charge on any atom is -0.369 e. The topological polar surface area (TPSA) is 109 Å². The summed E-state index contributed by atoms with van der Waals surface area (Å²) in [4.78, 5) is 34.6. The molecule has 1 fully saturated rings. The first-order chi connectivity index (χ1) is 15.5. The fourth-order valence-corrected chi connectivity index (χ4v) is 6.37. The predicted octanol–water partition coefficient (Wildman–Crippen LogP) is 1.10. The van der Waals surface area contributed by atoms with Gasteiger partial charge in [-0.25, -0.2) is 18.0 Å². The van der Waals surface area contributed by atoms with Gasteiger partial charge in [-0.15, -0.1) is 0 Å². The van der Waals surface area contributed by atoms with Crippen LogP contribution < -0.4 is 5.73 Å². The minimum absolute atomic E-state index is 0.0259. The van der Waals surface area contributed by atoms with Crippen LogP contribution in [0.4, 0.5) is 8.78 Å². The summed E-state index contributed by atoms with van der Waals surface area (Å²) >= 11 is 0. The molecule has 33 heavy (non-hydrogen) atoms. The normalized spacial score (nSPS) is 26.7. The van der Waals surface area contributed by atoms with Gasteiger partial charge in [-0.3, -0.25) is 18.9 Å². The first-order valence-electron chi connectivity index (χ1n) is 10.1. The maximum Gasteiger partial charge on any atom is 0.219 e. The highest BCUT2D eigenvalue weighted by Gasteiger charge is 2.57. The summed E-state index contributed by atoms with van der Waals surface area (Å²) in [5.74, 6) is 1.93. The fourth-order valence-electron chi connectivity index (χ4n) is 4.35. The van der Waals surface area contributed by atoms with Crippen molar-refractivity contribution < 1.29 is 22.6 Å². The van der Waals surface area contributed by atoms with Gasteiger partial charge in [0.2, 0.25) is 11.9 Å². The summed E-state index contributed by atoms with van der Waals surface area (Å²) < 4.78 is 43.2. The number of halogens is 2. The lowest BCUT2D eigenvalue weighted by Crippen LogP contribution is -2.57. The van der Waals surface area contributed by atoms with Crippen LogP contribution in [-0.2, 0) is 26.5 Å². The van der Waals surface area contributed by atoms with Crippen molar-refractivity contribution in [1.82, 2.24) is 14.2 Å². The molecule has 0 aliphatic carbocycles. The van der Waals surface area contributed by atoms with Crippen LogP contribution in [0.3, 0.4) is 0 Å². The zero-order chi connectivity index (χ0) is 24.1. The molecule has 4 rings (SSSR count). The number of benzene rings is 1. The number of pyridine rings is 1. The maximum atomic E-state index is 15.2. The number of amides is 1. The van der Waals surface area contributed by atoms with Crippen molar-refractivity contribution in [3.63, 3.8) is 0 Å². The average Bonchev–Trinajstić information content (AvgIpc) is 3.16. The van der Waals surface area contributed by atoms with Crippen LogP contribution in [0, 0.1) is 11.6 Å². The van der Waals surface area contributed by atoms with E-state index in [1.807, 2.05) is 0 Å². The molecular formula is C22H23F2N5O3S. The number of aliphatic imine (C=N–C) groups is 1. The molecule has 2 aliphatic rings. The molecule has 2 aliphatic heterocycles. The Morgan fingerprint density at radius 1 is 1.30 bits per heavy atom. The Kier molecular flexibility index (Phi) is 5.47. The molecule has 0 saturated carbocycles. The number of likely N-dealkylation sites (tertiary alicyclic amines) is 1. The molecule has 174 valence electrons. The molecule has 2 unspecified atom stereocenters. The number of rotatable bonds is 4. The van der Waals surface area contributed by atoms with Gasteiger partial charge in [0.15, 0.2) is 5.78 Å². The zero-order valence-electron chi connectivity index (χ0n) is 18.1. The lowest BCUT2D eigenvalue weighted by molar-refractivity contribution is -0.128. The van der Waals surface area contributed by atoms with Crippen LogP contribution >= 0.6 is 0 Å². The van der Waals surface area contributed by atoms with Crippen LogP contribution in [0.15, 0.2) is 41.5 Å². The number of Topliss-reactive ketones (excluding diaryl/α,β-unsaturated/α-hetero) is 1. The third-order valence-electron chi connectivity index (χ3n) is 6.22. The number of carbonyl (C=O) groups excluding carboxylic acids is 2. The Balaban J connectivity index is 1.80. The molecule has 1 saturated heterocycles. The van der Waals surface area contributed by atoms with E-state index >= 15 is 4.39 Å². The lowest BCUT2D eigenvalue weighted by atomic mass is 9.86. The maximum absolute atomic E-state index is 15.2. The van der Waals surface area contributed by atoms with Gasteiger partial charge >= 0.3 is 0 Å². The molecule has 0 bridgehead atoms. The monoisotopic (exact) mass is 475 g/mol. The van der Waals surface area contributed by atoms with Crippen LogP contribution in [0.5, 0.6) is 0 Å². The molecule has 1 amide bonds. The second kappa shape index (κ2) is 7.91. The average molecular weight is 476 g/mol. The molecule has 2 aromatic rings. The van der Waals surface area contributed by atoms with Crippen LogP contribution in [0.2, 0.25) is 0 Å². The van der Waals surface area contributed by atoms with E-state index < -0.39 is 32.1 Å². The third-order valence-corrected chi connectivity index (χ3v) is 8.76. The lowest BCUT2D eigenvalue weighted by Gasteiger charge is -2.41. The van der Waals surface area contributed by atoms with E-state index in [1.54, 1.807) is 0 Å². The number of nitrogens with zero attached hydrogens (tertiary/aromatic N) is 4. The van der Waals surface area contributed by atoms with Gasteiger partial charge in [0, 0.05) is 32.5 Å². The van der Waals surface area contributed by atoms with E-state index in [-0.39, 0.29) is 48.4 Å². The number of aromatic nitrogens is 1. The summed E-state index contributed by atoms with van der Waals surface area (Å²) in [6.07, 6.45) is 0.824. The molecule has 0 radical (unpaired) electrons. The van der Waals surface area contributed by atoms with Gasteiger partial charge < -0.3 is 10.6 Å². The van der Waals surface area contributed by atoms with Crippen LogP contribution in [0.25, 0.3) is 0 Å². The Bertz CT molecular complexity index is 1280. The minimum atomic E-state index is -3.06. The van der Waals surface area contributed by atoms with E-state index in [0.717, 1.165) is 12.3 Å². The molecule has 2 N–H and O–H groups in total. The highest BCUT2D eigenvalue weighted by Crippen LogP contribution is 2.44. The molecule has 3 heterocycles. The van der Waals surface area contributed by atoms with Crippen molar-refractivity contribution in [3.05, 3.63) is 65.0 Å². The van der Waals surface area contributed by atoms with Gasteiger partial charge in [-0.05, 0) is 35.7 Å². The standard InChI is InChI=1S/C22H23F2N5O3S/c1-13(30)29-11-20-22(12-29,27-21(25)28(2)33(20,3)32)16-8-14(4-6-17(16)24)9-19(31)18-7-5-15(23)10-26-18/h4-8,10,20H,3,9,11-12H2,1-2H3,(H2,25,27)/t20?,22-,33?/m1/s1. The zero-order valence-corrected chi connectivity index (χ0v) is 18.9. The molecule has 0 spiro atoms. The van der Waals surface area contributed by atoms with Gasteiger partial charge in [-0.1, -0.05) is 6.07 Å². The Hall–Kier alpha value is -3.34. The fraction of sp³-hybridized carbons (Fsp3) is 0.318. The number of fused-ring (bicyclic) bond motifs is 1. The summed E-state index contributed by atoms with van der Waals surface area (Å²) in [6.45, 7) is 1.41. The van der Waals surface area contributed by atoms with Crippen molar-refractivity contribution in [3.8, 4) is 0 Å². The number of ketones is 1. The highest BCUT2D eigenvalue weighted by molar-refractivity contribution is 7.99. The quantitative estimate of drug-likeness (QED) is 0.526. The van der Waals surface area contributed by atoms with Crippen molar-refractivity contribution in [1.29, 1.82) is 0 Å². The van der Waals surface area contributed by atoms with Crippen molar-refractivity contribution >= 4 is 33.2 Å². The second-order valence-corrected chi connectivity index (χ2v) is 10.7. The Morgan fingerprint density at radius 2 is 2.03 bits per heavy atom. The second-order valence-electron chi connectivity index (χ2n) is 8.25. The van der Waals surface area contributed by atoms with Gasteiger partial charge in [0.05, 0.1) is 27.7 Å². The third kappa shape index (κ3) is 3.75. The van der Waals surface area contributed by atoms with E-state index in [0.29, 0.717) is 5.56 Å². The number of hydrogen-bond donors (Lipinski definition) is 1. The molecule has 1 aromatic carbocycles. The van der Waals surface area contributed by atoms with Gasteiger partial charge in [-0.2, -0.15) is 0 Å². The smallest absolute Gasteiger partial charge is 0.219 e. The largest absolute Gasteiger partial charge is 0.369 e. The van der Waals surface area contributed by atoms with Gasteiger partial charge in [0.25, 0.3) is 0 Å². The highest BCUT2D eigenvalue weighted by atomic mass is 32.2. The number of carbonyl (C=O) groups is 2. The molecule has 8 nitrogen and oxygen atoms in total. The van der Waals surface area contributed by atoms with Crippen LogP contribution in [-0.4, -0.2) is 67.3 Å². The molecule has 1 aromatic heterocycles. The van der Waals surface area contributed by atoms with E-state index in [9.17, 15) is 18.2 Å². The molecular weight excluding hydrogens is 452 g/mol. The molecule has 3 atom stereocenters.